The number of halogens is 2. The molecule has 0 saturated heterocycles. The highest BCUT2D eigenvalue weighted by Crippen LogP contribution is 2.16. The summed E-state index contributed by atoms with van der Waals surface area (Å²) in [5, 5.41) is 3.38. The lowest BCUT2D eigenvalue weighted by Crippen LogP contribution is -2.11. The topological polar surface area (TPSA) is 21.3 Å². The van der Waals surface area contributed by atoms with Crippen molar-refractivity contribution >= 4 is 33.2 Å². The van der Waals surface area contributed by atoms with Crippen LogP contribution >= 0.6 is 27.5 Å². The van der Waals surface area contributed by atoms with Gasteiger partial charge in [0.1, 0.15) is 12.4 Å². The normalized spacial score (nSPS) is 10.4. The fraction of sp³-hybridized carbons (Fsp3) is 0.294. The van der Waals surface area contributed by atoms with Gasteiger partial charge in [0.2, 0.25) is 0 Å². The Morgan fingerprint density at radius 3 is 2.67 bits per heavy atom. The van der Waals surface area contributed by atoms with Gasteiger partial charge < -0.3 is 10.1 Å². The molecule has 0 aliphatic rings. The number of aryl methyl sites for hydroxylation is 1. The fourth-order valence-electron chi connectivity index (χ4n) is 2.00. The molecule has 2 aromatic rings. The molecular formula is C17H19BrClNO. The summed E-state index contributed by atoms with van der Waals surface area (Å²) in [5.41, 5.74) is 2.44. The SMILES string of the molecule is ClCCCc1cccc(NCCOc2ccc(Br)cc2)c1. The van der Waals surface area contributed by atoms with Crippen LogP contribution in [0.5, 0.6) is 5.75 Å². The van der Waals surface area contributed by atoms with Crippen molar-refractivity contribution in [1.29, 1.82) is 0 Å². The zero-order chi connectivity index (χ0) is 14.9. The molecule has 0 radical (unpaired) electrons. The molecule has 0 atom stereocenters. The molecule has 0 spiro atoms. The Morgan fingerprint density at radius 2 is 1.90 bits per heavy atom. The van der Waals surface area contributed by atoms with Crippen LogP contribution in [0.1, 0.15) is 12.0 Å². The summed E-state index contributed by atoms with van der Waals surface area (Å²) in [6.07, 6.45) is 2.03. The van der Waals surface area contributed by atoms with Crippen molar-refractivity contribution in [3.8, 4) is 5.75 Å². The number of benzene rings is 2. The predicted molar refractivity (Wildman–Crippen MR) is 93.6 cm³/mol. The zero-order valence-corrected chi connectivity index (χ0v) is 14.2. The lowest BCUT2D eigenvalue weighted by atomic mass is 10.1. The summed E-state index contributed by atoms with van der Waals surface area (Å²) in [5.74, 6) is 1.59. The van der Waals surface area contributed by atoms with Gasteiger partial charge in [0, 0.05) is 22.6 Å². The number of rotatable bonds is 8. The summed E-state index contributed by atoms with van der Waals surface area (Å²) < 4.78 is 6.73. The van der Waals surface area contributed by atoms with Gasteiger partial charge in [0.05, 0.1) is 0 Å². The van der Waals surface area contributed by atoms with Crippen molar-refractivity contribution in [3.63, 3.8) is 0 Å². The number of alkyl halides is 1. The summed E-state index contributed by atoms with van der Waals surface area (Å²) in [4.78, 5) is 0. The molecule has 4 heteroatoms. The first-order chi connectivity index (χ1) is 10.3. The average Bonchev–Trinajstić information content (AvgIpc) is 2.52. The molecule has 0 aliphatic carbocycles. The minimum absolute atomic E-state index is 0.632. The van der Waals surface area contributed by atoms with E-state index in [0.717, 1.165) is 35.3 Å². The first-order valence-corrected chi connectivity index (χ1v) is 8.38. The highest BCUT2D eigenvalue weighted by atomic mass is 79.9. The second-order valence-corrected chi connectivity index (χ2v) is 6.02. The highest BCUT2D eigenvalue weighted by Gasteiger charge is 1.97. The van der Waals surface area contributed by atoms with Crippen molar-refractivity contribution in [3.05, 3.63) is 58.6 Å². The summed E-state index contributed by atoms with van der Waals surface area (Å²) in [6.45, 7) is 1.41. The number of hydrogen-bond acceptors (Lipinski definition) is 2. The van der Waals surface area contributed by atoms with E-state index in [1.807, 2.05) is 24.3 Å². The van der Waals surface area contributed by atoms with Crippen LogP contribution in [0.2, 0.25) is 0 Å². The molecule has 21 heavy (non-hydrogen) atoms. The average molecular weight is 369 g/mol. The molecule has 0 unspecified atom stereocenters. The molecule has 0 saturated carbocycles. The van der Waals surface area contributed by atoms with Gasteiger partial charge in [-0.25, -0.2) is 0 Å². The Balaban J connectivity index is 1.74. The molecule has 1 N–H and O–H groups in total. The van der Waals surface area contributed by atoms with Gasteiger partial charge in [-0.2, -0.15) is 0 Å². The summed E-state index contributed by atoms with van der Waals surface area (Å²) >= 11 is 9.13. The van der Waals surface area contributed by atoms with Crippen LogP contribution in [-0.2, 0) is 6.42 Å². The van der Waals surface area contributed by atoms with Crippen LogP contribution in [0.15, 0.2) is 53.0 Å². The molecule has 2 rings (SSSR count). The molecule has 0 bridgehead atoms. The first kappa shape index (κ1) is 16.2. The molecule has 0 amide bonds. The second kappa shape index (κ2) is 8.96. The Kier molecular flexibility index (Phi) is 6.90. The quantitative estimate of drug-likeness (QED) is 0.516. The number of hydrogen-bond donors (Lipinski definition) is 1. The second-order valence-electron chi connectivity index (χ2n) is 4.72. The first-order valence-electron chi connectivity index (χ1n) is 7.05. The van der Waals surface area contributed by atoms with E-state index >= 15 is 0 Å². The van der Waals surface area contributed by atoms with Crippen LogP contribution in [0.4, 0.5) is 5.69 Å². The molecule has 0 aromatic heterocycles. The number of ether oxygens (including phenoxy) is 1. The van der Waals surface area contributed by atoms with Crippen molar-refractivity contribution in [1.82, 2.24) is 0 Å². The maximum absolute atomic E-state index is 5.73. The van der Waals surface area contributed by atoms with Gasteiger partial charge in [-0.3, -0.25) is 0 Å². The van der Waals surface area contributed by atoms with E-state index in [1.165, 1.54) is 5.56 Å². The van der Waals surface area contributed by atoms with Crippen LogP contribution < -0.4 is 10.1 Å². The molecular weight excluding hydrogens is 350 g/mol. The predicted octanol–water partition coefficient (Wildman–Crippen LogP) is 5.11. The fourth-order valence-corrected chi connectivity index (χ4v) is 2.40. The molecule has 0 heterocycles. The summed E-state index contributed by atoms with van der Waals surface area (Å²) in [6, 6.07) is 16.3. The van der Waals surface area contributed by atoms with Crippen molar-refractivity contribution in [2.45, 2.75) is 12.8 Å². The Hall–Kier alpha value is -1.19. The van der Waals surface area contributed by atoms with E-state index in [2.05, 4.69) is 45.5 Å². The van der Waals surface area contributed by atoms with E-state index in [4.69, 9.17) is 16.3 Å². The third kappa shape index (κ3) is 5.98. The van der Waals surface area contributed by atoms with Crippen molar-refractivity contribution < 1.29 is 4.74 Å². The Bertz CT molecular complexity index is 545. The van der Waals surface area contributed by atoms with Crippen LogP contribution in [0.25, 0.3) is 0 Å². The highest BCUT2D eigenvalue weighted by molar-refractivity contribution is 9.10. The van der Waals surface area contributed by atoms with Crippen LogP contribution in [-0.4, -0.2) is 19.0 Å². The Labute approximate surface area is 139 Å². The monoisotopic (exact) mass is 367 g/mol. The van der Waals surface area contributed by atoms with Gasteiger partial charge in [0.15, 0.2) is 0 Å². The standard InChI is InChI=1S/C17H19BrClNO/c18-15-6-8-17(9-7-15)21-12-11-20-16-5-1-3-14(13-16)4-2-10-19/h1,3,5-9,13,20H,2,4,10-12H2. The third-order valence-electron chi connectivity index (χ3n) is 3.04. The zero-order valence-electron chi connectivity index (χ0n) is 11.8. The van der Waals surface area contributed by atoms with Gasteiger partial charge in [0.25, 0.3) is 0 Å². The van der Waals surface area contributed by atoms with Gasteiger partial charge in [-0.1, -0.05) is 28.1 Å². The van der Waals surface area contributed by atoms with E-state index < -0.39 is 0 Å². The van der Waals surface area contributed by atoms with Gasteiger partial charge in [-0.15, -0.1) is 11.6 Å². The molecule has 2 aromatic carbocycles. The molecule has 2 nitrogen and oxygen atoms in total. The van der Waals surface area contributed by atoms with E-state index in [-0.39, 0.29) is 0 Å². The number of nitrogens with one attached hydrogen (secondary N) is 1. The number of anilines is 1. The molecule has 112 valence electrons. The van der Waals surface area contributed by atoms with Crippen molar-refractivity contribution in [2.75, 3.05) is 24.3 Å². The maximum Gasteiger partial charge on any atom is 0.119 e. The summed E-state index contributed by atoms with van der Waals surface area (Å²) in [7, 11) is 0. The van der Waals surface area contributed by atoms with Gasteiger partial charge >= 0.3 is 0 Å². The minimum atomic E-state index is 0.632. The van der Waals surface area contributed by atoms with E-state index in [9.17, 15) is 0 Å². The maximum atomic E-state index is 5.73. The van der Waals surface area contributed by atoms with Crippen LogP contribution in [0.3, 0.4) is 0 Å². The third-order valence-corrected chi connectivity index (χ3v) is 3.84. The van der Waals surface area contributed by atoms with Crippen LogP contribution in [0, 0.1) is 0 Å². The lowest BCUT2D eigenvalue weighted by molar-refractivity contribution is 0.333. The molecule has 0 fully saturated rings. The Morgan fingerprint density at radius 1 is 1.10 bits per heavy atom. The lowest BCUT2D eigenvalue weighted by Gasteiger charge is -2.10. The van der Waals surface area contributed by atoms with Crippen molar-refractivity contribution in [2.24, 2.45) is 0 Å². The van der Waals surface area contributed by atoms with E-state index in [0.29, 0.717) is 12.5 Å². The molecule has 0 aliphatic heterocycles. The van der Waals surface area contributed by atoms with Gasteiger partial charge in [-0.05, 0) is 54.8 Å². The largest absolute Gasteiger partial charge is 0.492 e. The van der Waals surface area contributed by atoms with E-state index in [1.54, 1.807) is 0 Å². The minimum Gasteiger partial charge on any atom is -0.492 e. The smallest absolute Gasteiger partial charge is 0.119 e.